The first-order valence-corrected chi connectivity index (χ1v) is 7.91. The molecule has 1 rings (SSSR count). The number of carbonyl (C=O) groups excluding carboxylic acids is 2. The second-order valence-corrected chi connectivity index (χ2v) is 7.05. The van der Waals surface area contributed by atoms with Gasteiger partial charge < -0.3 is 15.4 Å². The highest BCUT2D eigenvalue weighted by atomic mass is 16.6. The minimum Gasteiger partial charge on any atom is -0.444 e. The lowest BCUT2D eigenvalue weighted by Gasteiger charge is -2.22. The monoisotopic (exact) mass is 320 g/mol. The predicted molar refractivity (Wildman–Crippen MR) is 92.7 cm³/mol. The van der Waals surface area contributed by atoms with Crippen LogP contribution >= 0.6 is 0 Å². The van der Waals surface area contributed by atoms with E-state index in [0.717, 1.165) is 16.8 Å². The lowest BCUT2D eigenvalue weighted by Crippen LogP contribution is -2.44. The molecule has 0 aliphatic rings. The van der Waals surface area contributed by atoms with Gasteiger partial charge in [-0.25, -0.2) is 4.79 Å². The fourth-order valence-electron chi connectivity index (χ4n) is 2.12. The van der Waals surface area contributed by atoms with Crippen LogP contribution in [0.25, 0.3) is 0 Å². The highest BCUT2D eigenvalue weighted by Crippen LogP contribution is 2.27. The van der Waals surface area contributed by atoms with E-state index in [4.69, 9.17) is 4.74 Å². The molecule has 23 heavy (non-hydrogen) atoms. The number of amides is 2. The molecule has 1 unspecified atom stereocenters. The summed E-state index contributed by atoms with van der Waals surface area (Å²) in [5, 5.41) is 5.47. The van der Waals surface area contributed by atoms with Crippen molar-refractivity contribution in [2.45, 2.75) is 66.0 Å². The zero-order valence-corrected chi connectivity index (χ0v) is 15.1. The summed E-state index contributed by atoms with van der Waals surface area (Å²) in [6.45, 7) is 13.1. The molecule has 5 heteroatoms. The van der Waals surface area contributed by atoms with Crippen LogP contribution in [-0.4, -0.2) is 23.6 Å². The van der Waals surface area contributed by atoms with Crippen LogP contribution in [0.2, 0.25) is 0 Å². The van der Waals surface area contributed by atoms with Gasteiger partial charge in [-0.3, -0.25) is 4.79 Å². The SMILES string of the molecule is Cc1cccc(C(C)C)c1NC(=O)C(C)NC(=O)OC(C)(C)C. The topological polar surface area (TPSA) is 67.4 Å². The first-order valence-electron chi connectivity index (χ1n) is 7.91. The van der Waals surface area contributed by atoms with Gasteiger partial charge >= 0.3 is 6.09 Å². The molecule has 1 aromatic rings. The largest absolute Gasteiger partial charge is 0.444 e. The maximum Gasteiger partial charge on any atom is 0.408 e. The number of rotatable bonds is 4. The van der Waals surface area contributed by atoms with Crippen molar-refractivity contribution in [2.75, 3.05) is 5.32 Å². The van der Waals surface area contributed by atoms with E-state index in [9.17, 15) is 9.59 Å². The molecule has 2 amide bonds. The van der Waals surface area contributed by atoms with Crippen LogP contribution in [0.4, 0.5) is 10.5 Å². The Kier molecular flexibility index (Phi) is 6.19. The number of aryl methyl sites for hydroxylation is 1. The van der Waals surface area contributed by atoms with Gasteiger partial charge in [0.2, 0.25) is 5.91 Å². The molecule has 0 fully saturated rings. The third kappa shape index (κ3) is 5.93. The lowest BCUT2D eigenvalue weighted by atomic mass is 9.98. The van der Waals surface area contributed by atoms with Crippen LogP contribution in [0.5, 0.6) is 0 Å². The van der Waals surface area contributed by atoms with Gasteiger partial charge in [0.25, 0.3) is 0 Å². The average Bonchev–Trinajstić information content (AvgIpc) is 2.38. The van der Waals surface area contributed by atoms with Gasteiger partial charge in [0.15, 0.2) is 0 Å². The lowest BCUT2D eigenvalue weighted by molar-refractivity contribution is -0.117. The minimum absolute atomic E-state index is 0.271. The highest BCUT2D eigenvalue weighted by Gasteiger charge is 2.22. The third-order valence-electron chi connectivity index (χ3n) is 3.30. The first kappa shape index (κ1) is 19.0. The van der Waals surface area contributed by atoms with Gasteiger partial charge in [-0.05, 0) is 51.7 Å². The maximum absolute atomic E-state index is 12.4. The number of carbonyl (C=O) groups is 2. The van der Waals surface area contributed by atoms with E-state index >= 15 is 0 Å². The number of para-hydroxylation sites is 1. The molecule has 1 atom stereocenters. The van der Waals surface area contributed by atoms with Gasteiger partial charge in [0, 0.05) is 5.69 Å². The van der Waals surface area contributed by atoms with Crippen LogP contribution in [-0.2, 0) is 9.53 Å². The molecule has 0 bridgehead atoms. The number of anilines is 1. The summed E-state index contributed by atoms with van der Waals surface area (Å²) in [6.07, 6.45) is -0.603. The number of hydrogen-bond donors (Lipinski definition) is 2. The van der Waals surface area contributed by atoms with E-state index in [1.54, 1.807) is 27.7 Å². The van der Waals surface area contributed by atoms with Gasteiger partial charge in [-0.1, -0.05) is 32.0 Å². The van der Waals surface area contributed by atoms with Gasteiger partial charge in [-0.15, -0.1) is 0 Å². The molecular formula is C18H28N2O3. The molecule has 0 saturated carbocycles. The summed E-state index contributed by atoms with van der Waals surface area (Å²) in [7, 11) is 0. The molecule has 2 N–H and O–H groups in total. The summed E-state index contributed by atoms with van der Waals surface area (Å²) in [6, 6.07) is 5.24. The van der Waals surface area contributed by atoms with E-state index < -0.39 is 17.7 Å². The van der Waals surface area contributed by atoms with Gasteiger partial charge in [0.1, 0.15) is 11.6 Å². The number of alkyl carbamates (subject to hydrolysis) is 1. The molecule has 0 aliphatic carbocycles. The minimum atomic E-state index is -0.690. The summed E-state index contributed by atoms with van der Waals surface area (Å²) in [5.74, 6) is 0.0198. The summed E-state index contributed by atoms with van der Waals surface area (Å²) >= 11 is 0. The number of benzene rings is 1. The normalized spacial score (nSPS) is 12.7. The zero-order valence-electron chi connectivity index (χ0n) is 15.1. The Bertz CT molecular complexity index is 574. The Morgan fingerprint density at radius 1 is 1.13 bits per heavy atom. The second kappa shape index (κ2) is 7.49. The van der Waals surface area contributed by atoms with Crippen LogP contribution in [0, 0.1) is 6.92 Å². The van der Waals surface area contributed by atoms with Crippen LogP contribution in [0.15, 0.2) is 18.2 Å². The zero-order chi connectivity index (χ0) is 17.8. The quantitative estimate of drug-likeness (QED) is 0.882. The third-order valence-corrected chi connectivity index (χ3v) is 3.30. The van der Waals surface area contributed by atoms with Crippen molar-refractivity contribution in [3.05, 3.63) is 29.3 Å². The van der Waals surface area contributed by atoms with Crippen molar-refractivity contribution >= 4 is 17.7 Å². The number of nitrogens with one attached hydrogen (secondary N) is 2. The van der Waals surface area contributed by atoms with E-state index in [0.29, 0.717) is 5.92 Å². The molecule has 0 spiro atoms. The molecule has 0 radical (unpaired) electrons. The van der Waals surface area contributed by atoms with Crippen LogP contribution < -0.4 is 10.6 Å². The summed E-state index contributed by atoms with van der Waals surface area (Å²) < 4.78 is 5.16. The standard InChI is InChI=1S/C18H28N2O3/c1-11(2)14-10-8-9-12(3)15(14)20-16(21)13(4)19-17(22)23-18(5,6)7/h8-11,13H,1-7H3,(H,19,22)(H,20,21). The smallest absolute Gasteiger partial charge is 0.408 e. The van der Waals surface area contributed by atoms with Crippen molar-refractivity contribution in [2.24, 2.45) is 0 Å². The molecule has 5 nitrogen and oxygen atoms in total. The second-order valence-electron chi connectivity index (χ2n) is 7.05. The van der Waals surface area contributed by atoms with Crippen molar-refractivity contribution < 1.29 is 14.3 Å². The van der Waals surface area contributed by atoms with Crippen molar-refractivity contribution in [3.8, 4) is 0 Å². The van der Waals surface area contributed by atoms with E-state index in [1.165, 1.54) is 0 Å². The summed E-state index contributed by atoms with van der Waals surface area (Å²) in [5.41, 5.74) is 2.28. The van der Waals surface area contributed by atoms with Gasteiger partial charge in [-0.2, -0.15) is 0 Å². The van der Waals surface area contributed by atoms with Crippen LogP contribution in [0.3, 0.4) is 0 Å². The Hall–Kier alpha value is -2.04. The molecule has 0 heterocycles. The van der Waals surface area contributed by atoms with Crippen molar-refractivity contribution in [1.82, 2.24) is 5.32 Å². The number of hydrogen-bond acceptors (Lipinski definition) is 3. The Labute approximate surface area is 138 Å². The van der Waals surface area contributed by atoms with Crippen molar-refractivity contribution in [1.29, 1.82) is 0 Å². The predicted octanol–water partition coefficient (Wildman–Crippen LogP) is 3.97. The van der Waals surface area contributed by atoms with Gasteiger partial charge in [0.05, 0.1) is 0 Å². The van der Waals surface area contributed by atoms with Crippen LogP contribution in [0.1, 0.15) is 58.6 Å². The number of ether oxygens (including phenoxy) is 1. The Morgan fingerprint density at radius 2 is 1.74 bits per heavy atom. The maximum atomic E-state index is 12.4. The fourth-order valence-corrected chi connectivity index (χ4v) is 2.12. The molecule has 0 aromatic heterocycles. The fraction of sp³-hybridized carbons (Fsp3) is 0.556. The summed E-state index contributed by atoms with van der Waals surface area (Å²) in [4.78, 5) is 24.1. The van der Waals surface area contributed by atoms with Crippen molar-refractivity contribution in [3.63, 3.8) is 0 Å². The molecule has 128 valence electrons. The molecule has 0 saturated heterocycles. The van der Waals surface area contributed by atoms with E-state index in [-0.39, 0.29) is 5.91 Å². The molecule has 0 aliphatic heterocycles. The Morgan fingerprint density at radius 3 is 2.26 bits per heavy atom. The molecular weight excluding hydrogens is 292 g/mol. The average molecular weight is 320 g/mol. The molecule has 1 aromatic carbocycles. The first-order chi connectivity index (χ1) is 10.5. The van der Waals surface area contributed by atoms with E-state index in [1.807, 2.05) is 25.1 Å². The highest BCUT2D eigenvalue weighted by molar-refractivity contribution is 5.97. The van der Waals surface area contributed by atoms with E-state index in [2.05, 4.69) is 24.5 Å². The Balaban J connectivity index is 2.79.